The molecular formula is C22H48BrN. The predicted octanol–water partition coefficient (Wildman–Crippen LogP) is 8.17. The molecule has 0 aliphatic rings. The first-order valence-electron chi connectivity index (χ1n) is 10.9. The standard InChI is InChI=1S/C22H47N.BrH/c1-5-7-9-11-13-14-15-17-19-21-22(23(3)4)20-18-16-12-10-8-6-2;/h22H,5-21H2,1-4H3;1H. The summed E-state index contributed by atoms with van der Waals surface area (Å²) in [4.78, 5) is 2.47. The lowest BCUT2D eigenvalue weighted by atomic mass is 9.99. The summed E-state index contributed by atoms with van der Waals surface area (Å²) in [5.41, 5.74) is 0. The highest BCUT2D eigenvalue weighted by Gasteiger charge is 2.10. The molecule has 148 valence electrons. The van der Waals surface area contributed by atoms with Gasteiger partial charge < -0.3 is 4.90 Å². The highest BCUT2D eigenvalue weighted by molar-refractivity contribution is 8.93. The van der Waals surface area contributed by atoms with Crippen molar-refractivity contribution in [3.63, 3.8) is 0 Å². The fraction of sp³-hybridized carbons (Fsp3) is 1.00. The lowest BCUT2D eigenvalue weighted by Gasteiger charge is -2.24. The van der Waals surface area contributed by atoms with Crippen LogP contribution in [0.2, 0.25) is 0 Å². The van der Waals surface area contributed by atoms with Gasteiger partial charge >= 0.3 is 0 Å². The summed E-state index contributed by atoms with van der Waals surface area (Å²) < 4.78 is 0. The lowest BCUT2D eigenvalue weighted by Crippen LogP contribution is -2.27. The molecule has 1 nitrogen and oxygen atoms in total. The molecule has 1 unspecified atom stereocenters. The Morgan fingerprint density at radius 1 is 0.500 bits per heavy atom. The summed E-state index contributed by atoms with van der Waals surface area (Å²) in [5, 5.41) is 0. The average Bonchev–Trinajstić information content (AvgIpc) is 2.54. The van der Waals surface area contributed by atoms with E-state index in [0.29, 0.717) is 0 Å². The molecule has 0 saturated heterocycles. The van der Waals surface area contributed by atoms with Crippen molar-refractivity contribution in [1.82, 2.24) is 4.90 Å². The number of hydrogen-bond acceptors (Lipinski definition) is 1. The highest BCUT2D eigenvalue weighted by atomic mass is 79.9. The molecular weight excluding hydrogens is 358 g/mol. The van der Waals surface area contributed by atoms with E-state index in [2.05, 4.69) is 32.8 Å². The minimum Gasteiger partial charge on any atom is -0.306 e. The predicted molar refractivity (Wildman–Crippen MR) is 118 cm³/mol. The Hall–Kier alpha value is 0.440. The minimum atomic E-state index is 0. The van der Waals surface area contributed by atoms with Gasteiger partial charge in [-0.15, -0.1) is 17.0 Å². The Balaban J connectivity index is 0. The van der Waals surface area contributed by atoms with Gasteiger partial charge in [0.25, 0.3) is 0 Å². The van der Waals surface area contributed by atoms with Crippen LogP contribution in [0.3, 0.4) is 0 Å². The van der Waals surface area contributed by atoms with Crippen molar-refractivity contribution in [3.8, 4) is 0 Å². The second-order valence-electron chi connectivity index (χ2n) is 7.79. The summed E-state index contributed by atoms with van der Waals surface area (Å²) in [7, 11) is 4.55. The zero-order chi connectivity index (χ0) is 17.2. The maximum Gasteiger partial charge on any atom is 0.00891 e. The maximum atomic E-state index is 2.47. The molecule has 0 heterocycles. The quantitative estimate of drug-likeness (QED) is 0.208. The van der Waals surface area contributed by atoms with Crippen molar-refractivity contribution in [2.45, 2.75) is 129 Å². The third kappa shape index (κ3) is 18.8. The number of hydrogen-bond donors (Lipinski definition) is 0. The molecule has 2 heteroatoms. The SMILES string of the molecule is Br.CCCCCCCCCCCC(CCCCCCCC)N(C)C. The normalized spacial score (nSPS) is 12.4. The summed E-state index contributed by atoms with van der Waals surface area (Å²) >= 11 is 0. The van der Waals surface area contributed by atoms with Crippen molar-refractivity contribution in [2.75, 3.05) is 14.1 Å². The van der Waals surface area contributed by atoms with Crippen LogP contribution in [0.4, 0.5) is 0 Å². The minimum absolute atomic E-state index is 0. The monoisotopic (exact) mass is 405 g/mol. The maximum absolute atomic E-state index is 2.47. The third-order valence-corrected chi connectivity index (χ3v) is 5.26. The van der Waals surface area contributed by atoms with Gasteiger partial charge in [-0.25, -0.2) is 0 Å². The van der Waals surface area contributed by atoms with E-state index in [-0.39, 0.29) is 17.0 Å². The van der Waals surface area contributed by atoms with Crippen LogP contribution < -0.4 is 0 Å². The smallest absolute Gasteiger partial charge is 0.00891 e. The molecule has 0 aromatic carbocycles. The molecule has 0 fully saturated rings. The molecule has 0 rings (SSSR count). The first-order chi connectivity index (χ1) is 11.2. The van der Waals surface area contributed by atoms with Crippen LogP contribution >= 0.6 is 17.0 Å². The van der Waals surface area contributed by atoms with Crippen LogP contribution in [0.1, 0.15) is 123 Å². The Morgan fingerprint density at radius 3 is 1.08 bits per heavy atom. The van der Waals surface area contributed by atoms with Gasteiger partial charge in [0.15, 0.2) is 0 Å². The Bertz CT molecular complexity index is 218. The van der Waals surface area contributed by atoms with Gasteiger partial charge in [-0.1, -0.05) is 110 Å². The van der Waals surface area contributed by atoms with Crippen LogP contribution in [0.25, 0.3) is 0 Å². The number of unbranched alkanes of at least 4 members (excludes halogenated alkanes) is 13. The van der Waals surface area contributed by atoms with Crippen LogP contribution in [-0.2, 0) is 0 Å². The summed E-state index contributed by atoms with van der Waals surface area (Å²) in [5.74, 6) is 0. The fourth-order valence-electron chi connectivity index (χ4n) is 3.51. The summed E-state index contributed by atoms with van der Waals surface area (Å²) in [6.07, 6.45) is 24.4. The van der Waals surface area contributed by atoms with E-state index < -0.39 is 0 Å². The molecule has 0 N–H and O–H groups in total. The molecule has 0 aliphatic heterocycles. The molecule has 0 saturated carbocycles. The first kappa shape index (κ1) is 26.7. The van der Waals surface area contributed by atoms with Crippen LogP contribution in [-0.4, -0.2) is 25.0 Å². The average molecular weight is 407 g/mol. The van der Waals surface area contributed by atoms with Gasteiger partial charge in [0.2, 0.25) is 0 Å². The zero-order valence-corrected chi connectivity index (χ0v) is 19.2. The van der Waals surface area contributed by atoms with E-state index >= 15 is 0 Å². The van der Waals surface area contributed by atoms with E-state index in [0.717, 1.165) is 6.04 Å². The van der Waals surface area contributed by atoms with Gasteiger partial charge in [0.1, 0.15) is 0 Å². The second kappa shape index (κ2) is 21.5. The van der Waals surface area contributed by atoms with E-state index in [9.17, 15) is 0 Å². The van der Waals surface area contributed by atoms with Crippen molar-refractivity contribution >= 4 is 17.0 Å². The molecule has 0 radical (unpaired) electrons. The Morgan fingerprint density at radius 2 is 0.792 bits per heavy atom. The first-order valence-corrected chi connectivity index (χ1v) is 10.9. The topological polar surface area (TPSA) is 3.24 Å². The molecule has 0 amide bonds. The third-order valence-electron chi connectivity index (χ3n) is 5.26. The van der Waals surface area contributed by atoms with Crippen molar-refractivity contribution < 1.29 is 0 Å². The lowest BCUT2D eigenvalue weighted by molar-refractivity contribution is 0.251. The second-order valence-corrected chi connectivity index (χ2v) is 7.79. The molecule has 0 aliphatic carbocycles. The van der Waals surface area contributed by atoms with E-state index in [1.807, 2.05) is 0 Å². The van der Waals surface area contributed by atoms with E-state index in [1.165, 1.54) is 109 Å². The van der Waals surface area contributed by atoms with Gasteiger partial charge in [0.05, 0.1) is 0 Å². The Kier molecular flexibility index (Phi) is 23.9. The number of nitrogens with zero attached hydrogens (tertiary/aromatic N) is 1. The molecule has 0 bridgehead atoms. The highest BCUT2D eigenvalue weighted by Crippen LogP contribution is 2.17. The molecule has 1 atom stereocenters. The van der Waals surface area contributed by atoms with Crippen molar-refractivity contribution in [3.05, 3.63) is 0 Å². The summed E-state index contributed by atoms with van der Waals surface area (Å²) in [6, 6.07) is 0.825. The molecule has 24 heavy (non-hydrogen) atoms. The van der Waals surface area contributed by atoms with Crippen LogP contribution in [0, 0.1) is 0 Å². The number of rotatable bonds is 18. The molecule has 0 aromatic rings. The largest absolute Gasteiger partial charge is 0.306 e. The number of halogens is 1. The zero-order valence-electron chi connectivity index (χ0n) is 17.5. The molecule has 0 spiro atoms. The summed E-state index contributed by atoms with van der Waals surface area (Å²) in [6.45, 7) is 4.60. The van der Waals surface area contributed by atoms with E-state index in [4.69, 9.17) is 0 Å². The van der Waals surface area contributed by atoms with Gasteiger partial charge in [-0.3, -0.25) is 0 Å². The van der Waals surface area contributed by atoms with Crippen LogP contribution in [0.15, 0.2) is 0 Å². The molecule has 0 aromatic heterocycles. The van der Waals surface area contributed by atoms with Crippen LogP contribution in [0.5, 0.6) is 0 Å². The van der Waals surface area contributed by atoms with Gasteiger partial charge in [-0.2, -0.15) is 0 Å². The van der Waals surface area contributed by atoms with E-state index in [1.54, 1.807) is 0 Å². The fourth-order valence-corrected chi connectivity index (χ4v) is 3.51. The van der Waals surface area contributed by atoms with Crippen molar-refractivity contribution in [2.24, 2.45) is 0 Å². The van der Waals surface area contributed by atoms with Crippen molar-refractivity contribution in [1.29, 1.82) is 0 Å². The van der Waals surface area contributed by atoms with Gasteiger partial charge in [0, 0.05) is 6.04 Å². The van der Waals surface area contributed by atoms with Gasteiger partial charge in [-0.05, 0) is 26.9 Å². The Labute approximate surface area is 165 Å².